The Morgan fingerprint density at radius 1 is 0.909 bits per heavy atom. The van der Waals surface area contributed by atoms with Gasteiger partial charge in [0.05, 0.1) is 18.2 Å². The Labute approximate surface area is 196 Å². The summed E-state index contributed by atoms with van der Waals surface area (Å²) in [6, 6.07) is 15.7. The summed E-state index contributed by atoms with van der Waals surface area (Å²) >= 11 is 0. The van der Waals surface area contributed by atoms with E-state index in [4.69, 9.17) is 10.00 Å². The molecule has 2 fully saturated rings. The zero-order valence-electron chi connectivity index (χ0n) is 19.3. The molecule has 0 unspecified atom stereocenters. The largest absolute Gasteiger partial charge is 0.493 e. The second-order valence-corrected chi connectivity index (χ2v) is 9.91. The molecule has 2 aromatic carbocycles. The number of nitriles is 1. The fraction of sp³-hybridized carbons (Fsp3) is 0.500. The highest BCUT2D eigenvalue weighted by molar-refractivity contribution is 5.94. The summed E-state index contributed by atoms with van der Waals surface area (Å²) in [6.07, 6.45) is 7.03. The Bertz CT molecular complexity index is 1010. The maximum Gasteiger partial charge on any atom is 0.253 e. The number of ether oxygens (including phenoxy) is 1. The van der Waals surface area contributed by atoms with Crippen LogP contribution in [0.1, 0.15) is 52.7 Å². The molecule has 0 aromatic heterocycles. The van der Waals surface area contributed by atoms with Crippen molar-refractivity contribution in [3.05, 3.63) is 64.7 Å². The Hall–Kier alpha value is -2.84. The number of rotatable bonds is 6. The van der Waals surface area contributed by atoms with E-state index in [2.05, 4.69) is 29.2 Å². The molecule has 1 saturated heterocycles. The average molecular weight is 444 g/mol. The van der Waals surface area contributed by atoms with Gasteiger partial charge in [0.25, 0.3) is 5.91 Å². The van der Waals surface area contributed by atoms with E-state index in [1.54, 1.807) is 24.3 Å². The normalized spacial score (nSPS) is 19.4. The molecule has 2 aromatic rings. The van der Waals surface area contributed by atoms with Crippen molar-refractivity contribution in [3.63, 3.8) is 0 Å². The van der Waals surface area contributed by atoms with Crippen LogP contribution in [0.4, 0.5) is 0 Å². The van der Waals surface area contributed by atoms with E-state index in [-0.39, 0.29) is 5.91 Å². The van der Waals surface area contributed by atoms with Crippen molar-refractivity contribution < 1.29 is 9.53 Å². The van der Waals surface area contributed by atoms with E-state index in [0.717, 1.165) is 50.4 Å². The first-order chi connectivity index (χ1) is 16.2. The van der Waals surface area contributed by atoms with Gasteiger partial charge in [-0.1, -0.05) is 6.07 Å². The van der Waals surface area contributed by atoms with Crippen LogP contribution in [0.25, 0.3) is 0 Å². The summed E-state index contributed by atoms with van der Waals surface area (Å²) < 4.78 is 6.21. The first kappa shape index (κ1) is 22.0. The molecule has 5 nitrogen and oxygen atoms in total. The van der Waals surface area contributed by atoms with Gasteiger partial charge in [-0.25, -0.2) is 0 Å². The summed E-state index contributed by atoms with van der Waals surface area (Å²) in [5.74, 6) is 2.47. The average Bonchev–Trinajstić information content (AvgIpc) is 3.70. The van der Waals surface area contributed by atoms with Crippen LogP contribution in [0.3, 0.4) is 0 Å². The zero-order chi connectivity index (χ0) is 22.6. The molecule has 3 aliphatic rings. The number of benzene rings is 2. The first-order valence-electron chi connectivity index (χ1n) is 12.4. The number of carbonyl (C=O) groups excluding carboxylic acids is 1. The van der Waals surface area contributed by atoms with Crippen molar-refractivity contribution in [3.8, 4) is 11.8 Å². The molecule has 0 N–H and O–H groups in total. The molecule has 5 rings (SSSR count). The van der Waals surface area contributed by atoms with Crippen molar-refractivity contribution in [2.24, 2.45) is 11.8 Å². The summed E-state index contributed by atoms with van der Waals surface area (Å²) in [5.41, 5.74) is 4.17. The van der Waals surface area contributed by atoms with Gasteiger partial charge in [-0.05, 0) is 97.9 Å². The first-order valence-corrected chi connectivity index (χ1v) is 12.4. The topological polar surface area (TPSA) is 56.6 Å². The van der Waals surface area contributed by atoms with E-state index in [1.807, 2.05) is 4.90 Å². The third-order valence-corrected chi connectivity index (χ3v) is 7.43. The number of amides is 1. The second kappa shape index (κ2) is 9.97. The van der Waals surface area contributed by atoms with Gasteiger partial charge in [0, 0.05) is 38.3 Å². The summed E-state index contributed by atoms with van der Waals surface area (Å²) in [7, 11) is 0. The van der Waals surface area contributed by atoms with Gasteiger partial charge in [0.15, 0.2) is 0 Å². The zero-order valence-corrected chi connectivity index (χ0v) is 19.3. The number of piperidine rings is 1. The van der Waals surface area contributed by atoms with Crippen LogP contribution in [0, 0.1) is 23.2 Å². The third kappa shape index (κ3) is 5.57. The van der Waals surface area contributed by atoms with Gasteiger partial charge in [0.2, 0.25) is 0 Å². The molecule has 0 radical (unpaired) electrons. The molecule has 0 spiro atoms. The van der Waals surface area contributed by atoms with Crippen molar-refractivity contribution in [1.82, 2.24) is 9.80 Å². The molecule has 1 aliphatic carbocycles. The van der Waals surface area contributed by atoms with Crippen LogP contribution in [0.15, 0.2) is 42.5 Å². The number of carbonyl (C=O) groups is 1. The monoisotopic (exact) mass is 443 g/mol. The number of nitrogens with zero attached hydrogens (tertiary/aromatic N) is 3. The molecule has 5 heteroatoms. The Kier molecular flexibility index (Phi) is 6.64. The number of fused-ring (bicyclic) bond motifs is 1. The molecular weight excluding hydrogens is 410 g/mol. The summed E-state index contributed by atoms with van der Waals surface area (Å²) in [6.45, 7) is 5.86. The molecule has 2 heterocycles. The van der Waals surface area contributed by atoms with Gasteiger partial charge in [-0.15, -0.1) is 0 Å². The fourth-order valence-corrected chi connectivity index (χ4v) is 5.07. The van der Waals surface area contributed by atoms with E-state index in [0.29, 0.717) is 23.7 Å². The lowest BCUT2D eigenvalue weighted by molar-refractivity contribution is 0.0661. The quantitative estimate of drug-likeness (QED) is 0.668. The Balaban J connectivity index is 1.09. The summed E-state index contributed by atoms with van der Waals surface area (Å²) in [4.78, 5) is 17.3. The lowest BCUT2D eigenvalue weighted by Crippen LogP contribution is -2.39. The standard InChI is InChI=1S/C28H33N3O2/c29-18-21-3-5-25(6-4-21)28(32)31-15-9-23(10-16-31)20-33-27-8-7-24-11-13-30(19-22-1-2-22)14-12-26(24)17-27/h3-8,17,22-23H,1-2,9-16,19-20H2. The highest BCUT2D eigenvalue weighted by atomic mass is 16.5. The van der Waals surface area contributed by atoms with Crippen LogP contribution in [-0.4, -0.2) is 55.0 Å². The molecule has 1 saturated carbocycles. The van der Waals surface area contributed by atoms with Crippen LogP contribution >= 0.6 is 0 Å². The Morgan fingerprint density at radius 3 is 2.33 bits per heavy atom. The van der Waals surface area contributed by atoms with Gasteiger partial charge >= 0.3 is 0 Å². The maximum atomic E-state index is 12.7. The second-order valence-electron chi connectivity index (χ2n) is 9.91. The van der Waals surface area contributed by atoms with E-state index < -0.39 is 0 Å². The van der Waals surface area contributed by atoms with Gasteiger partial charge in [-0.3, -0.25) is 4.79 Å². The molecule has 0 atom stereocenters. The highest BCUT2D eigenvalue weighted by Gasteiger charge is 2.26. The van der Waals surface area contributed by atoms with Crippen LogP contribution in [0.2, 0.25) is 0 Å². The molecule has 172 valence electrons. The predicted octanol–water partition coefficient (Wildman–Crippen LogP) is 4.30. The smallest absolute Gasteiger partial charge is 0.253 e. The number of hydrogen-bond acceptors (Lipinski definition) is 4. The lowest BCUT2D eigenvalue weighted by Gasteiger charge is -2.32. The van der Waals surface area contributed by atoms with Gasteiger partial charge in [-0.2, -0.15) is 5.26 Å². The van der Waals surface area contributed by atoms with Crippen molar-refractivity contribution >= 4 is 5.91 Å². The number of likely N-dealkylation sites (tertiary alicyclic amines) is 1. The lowest BCUT2D eigenvalue weighted by atomic mass is 9.97. The molecular formula is C28H33N3O2. The highest BCUT2D eigenvalue weighted by Crippen LogP contribution is 2.31. The third-order valence-electron chi connectivity index (χ3n) is 7.43. The minimum Gasteiger partial charge on any atom is -0.493 e. The fourth-order valence-electron chi connectivity index (χ4n) is 5.07. The molecule has 2 aliphatic heterocycles. The van der Waals surface area contributed by atoms with Crippen LogP contribution < -0.4 is 4.74 Å². The van der Waals surface area contributed by atoms with Crippen molar-refractivity contribution in [2.75, 3.05) is 39.3 Å². The molecule has 1 amide bonds. The molecule has 0 bridgehead atoms. The molecule has 33 heavy (non-hydrogen) atoms. The van der Waals surface area contributed by atoms with Crippen LogP contribution in [0.5, 0.6) is 5.75 Å². The maximum absolute atomic E-state index is 12.7. The van der Waals surface area contributed by atoms with E-state index >= 15 is 0 Å². The van der Waals surface area contributed by atoms with Crippen molar-refractivity contribution in [1.29, 1.82) is 5.26 Å². The number of hydrogen-bond donors (Lipinski definition) is 0. The van der Waals surface area contributed by atoms with E-state index in [1.165, 1.54) is 43.6 Å². The Morgan fingerprint density at radius 2 is 1.64 bits per heavy atom. The van der Waals surface area contributed by atoms with Crippen LogP contribution in [-0.2, 0) is 12.8 Å². The minimum atomic E-state index is 0.0559. The minimum absolute atomic E-state index is 0.0559. The van der Waals surface area contributed by atoms with Crippen molar-refractivity contribution in [2.45, 2.75) is 38.5 Å². The van der Waals surface area contributed by atoms with Gasteiger partial charge in [0.1, 0.15) is 5.75 Å². The SMILES string of the molecule is N#Cc1ccc(C(=O)N2CCC(COc3ccc4c(c3)CCN(CC3CC3)CC4)CC2)cc1. The predicted molar refractivity (Wildman–Crippen MR) is 128 cm³/mol. The van der Waals surface area contributed by atoms with E-state index in [9.17, 15) is 4.79 Å². The van der Waals surface area contributed by atoms with Gasteiger partial charge < -0.3 is 14.5 Å². The summed E-state index contributed by atoms with van der Waals surface area (Å²) in [5, 5.41) is 8.93.